The van der Waals surface area contributed by atoms with Gasteiger partial charge in [0.2, 0.25) is 0 Å². The number of benzene rings is 2. The molecule has 0 heterocycles. The van der Waals surface area contributed by atoms with Gasteiger partial charge in [-0.05, 0) is 24.6 Å². The molecule has 0 bridgehead atoms. The van der Waals surface area contributed by atoms with Crippen LogP contribution in [0.3, 0.4) is 0 Å². The minimum Gasteiger partial charge on any atom is -0.269 e. The van der Waals surface area contributed by atoms with E-state index in [2.05, 4.69) is 5.48 Å². The van der Waals surface area contributed by atoms with Crippen molar-refractivity contribution in [1.29, 1.82) is 0 Å². The van der Waals surface area contributed by atoms with E-state index in [1.807, 2.05) is 31.2 Å². The highest BCUT2D eigenvalue weighted by atomic mass is 35.5. The molecule has 2 rings (SSSR count). The van der Waals surface area contributed by atoms with Gasteiger partial charge in [0.15, 0.2) is 0 Å². The van der Waals surface area contributed by atoms with E-state index in [1.165, 1.54) is 5.56 Å². The van der Waals surface area contributed by atoms with Crippen molar-refractivity contribution in [2.24, 2.45) is 0 Å². The van der Waals surface area contributed by atoms with E-state index >= 15 is 0 Å². The number of amides is 1. The molecule has 1 N–H and O–H groups in total. The number of aryl methyl sites for hydroxylation is 1. The average molecular weight is 276 g/mol. The molecule has 0 spiro atoms. The Kier molecular flexibility index (Phi) is 4.55. The normalized spacial score (nSPS) is 10.2. The zero-order chi connectivity index (χ0) is 13.7. The third-order valence-corrected chi connectivity index (χ3v) is 2.97. The Morgan fingerprint density at radius 2 is 1.84 bits per heavy atom. The summed E-state index contributed by atoms with van der Waals surface area (Å²) in [5.74, 6) is -0.349. The molecule has 2 aromatic carbocycles. The first-order valence-corrected chi connectivity index (χ1v) is 6.27. The van der Waals surface area contributed by atoms with Gasteiger partial charge in [-0.1, -0.05) is 53.6 Å². The molecule has 0 unspecified atom stereocenters. The molecule has 0 radical (unpaired) electrons. The van der Waals surface area contributed by atoms with Crippen molar-refractivity contribution in [3.63, 3.8) is 0 Å². The van der Waals surface area contributed by atoms with Crippen molar-refractivity contribution < 1.29 is 9.63 Å². The van der Waals surface area contributed by atoms with Crippen LogP contribution >= 0.6 is 11.6 Å². The minimum atomic E-state index is -0.349. The molecule has 0 saturated heterocycles. The lowest BCUT2D eigenvalue weighted by Crippen LogP contribution is -2.23. The summed E-state index contributed by atoms with van der Waals surface area (Å²) in [7, 11) is 0. The third-order valence-electron chi connectivity index (χ3n) is 2.64. The van der Waals surface area contributed by atoms with Crippen LogP contribution in [0.2, 0.25) is 5.02 Å². The van der Waals surface area contributed by atoms with E-state index in [1.54, 1.807) is 24.3 Å². The summed E-state index contributed by atoms with van der Waals surface area (Å²) in [6.07, 6.45) is 0. The van der Waals surface area contributed by atoms with Crippen molar-refractivity contribution in [2.75, 3.05) is 0 Å². The zero-order valence-corrected chi connectivity index (χ0v) is 11.3. The summed E-state index contributed by atoms with van der Waals surface area (Å²) in [4.78, 5) is 17.0. The third kappa shape index (κ3) is 3.81. The second kappa shape index (κ2) is 6.36. The van der Waals surface area contributed by atoms with E-state index in [9.17, 15) is 4.79 Å². The molecular formula is C15H14ClNO2. The summed E-state index contributed by atoms with van der Waals surface area (Å²) in [5.41, 5.74) is 4.95. The van der Waals surface area contributed by atoms with Crippen LogP contribution < -0.4 is 5.48 Å². The van der Waals surface area contributed by atoms with Crippen molar-refractivity contribution in [3.8, 4) is 0 Å². The standard InChI is InChI=1S/C15H14ClNO2/c1-11-6-8-12(9-7-11)10-19-17-15(18)13-4-2-3-5-14(13)16/h2-9H,10H2,1H3,(H,17,18). The van der Waals surface area contributed by atoms with Gasteiger partial charge in [-0.25, -0.2) is 5.48 Å². The van der Waals surface area contributed by atoms with E-state index < -0.39 is 0 Å². The van der Waals surface area contributed by atoms with Crippen molar-refractivity contribution in [3.05, 3.63) is 70.2 Å². The fourth-order valence-electron chi connectivity index (χ4n) is 1.57. The van der Waals surface area contributed by atoms with Gasteiger partial charge in [0, 0.05) is 0 Å². The van der Waals surface area contributed by atoms with Crippen LogP contribution in [-0.2, 0) is 11.4 Å². The quantitative estimate of drug-likeness (QED) is 0.867. The smallest absolute Gasteiger partial charge is 0.269 e. The number of rotatable bonds is 4. The maximum Gasteiger partial charge on any atom is 0.276 e. The van der Waals surface area contributed by atoms with E-state index in [0.29, 0.717) is 17.2 Å². The largest absolute Gasteiger partial charge is 0.276 e. The average Bonchev–Trinajstić information content (AvgIpc) is 2.41. The minimum absolute atomic E-state index is 0.316. The van der Waals surface area contributed by atoms with Crippen molar-refractivity contribution in [1.82, 2.24) is 5.48 Å². The maximum absolute atomic E-state index is 11.8. The first-order chi connectivity index (χ1) is 9.16. The molecule has 0 aliphatic heterocycles. The number of hydrogen-bond donors (Lipinski definition) is 1. The van der Waals surface area contributed by atoms with Gasteiger partial charge in [0.1, 0.15) is 0 Å². The van der Waals surface area contributed by atoms with Gasteiger partial charge in [0.25, 0.3) is 5.91 Å². The van der Waals surface area contributed by atoms with Crippen LogP contribution in [-0.4, -0.2) is 5.91 Å². The molecule has 2 aromatic rings. The topological polar surface area (TPSA) is 38.3 Å². The molecule has 19 heavy (non-hydrogen) atoms. The van der Waals surface area contributed by atoms with Crippen LogP contribution in [0, 0.1) is 6.92 Å². The fraction of sp³-hybridized carbons (Fsp3) is 0.133. The summed E-state index contributed by atoms with van der Waals surface area (Å²) in [6, 6.07) is 14.7. The van der Waals surface area contributed by atoms with Crippen LogP contribution in [0.5, 0.6) is 0 Å². The van der Waals surface area contributed by atoms with E-state index in [0.717, 1.165) is 5.56 Å². The molecule has 98 valence electrons. The highest BCUT2D eigenvalue weighted by Gasteiger charge is 2.08. The van der Waals surface area contributed by atoms with E-state index in [4.69, 9.17) is 16.4 Å². The molecule has 0 aliphatic carbocycles. The Hall–Kier alpha value is -1.84. The molecule has 0 aromatic heterocycles. The second-order valence-corrected chi connectivity index (χ2v) is 4.59. The van der Waals surface area contributed by atoms with Gasteiger partial charge < -0.3 is 0 Å². The monoisotopic (exact) mass is 275 g/mol. The van der Waals surface area contributed by atoms with Gasteiger partial charge in [0.05, 0.1) is 17.2 Å². The lowest BCUT2D eigenvalue weighted by molar-refractivity contribution is 0.0233. The van der Waals surface area contributed by atoms with Crippen LogP contribution in [0.25, 0.3) is 0 Å². The highest BCUT2D eigenvalue weighted by Crippen LogP contribution is 2.14. The lowest BCUT2D eigenvalue weighted by atomic mass is 10.2. The predicted molar refractivity (Wildman–Crippen MR) is 74.9 cm³/mol. The molecule has 4 heteroatoms. The van der Waals surface area contributed by atoms with Gasteiger partial charge in [-0.15, -0.1) is 0 Å². The molecule has 0 saturated carbocycles. The summed E-state index contributed by atoms with van der Waals surface area (Å²) in [5, 5.41) is 0.402. The second-order valence-electron chi connectivity index (χ2n) is 4.19. The van der Waals surface area contributed by atoms with Gasteiger partial charge >= 0.3 is 0 Å². The summed E-state index contributed by atoms with van der Waals surface area (Å²) in [6.45, 7) is 2.33. The molecule has 1 amide bonds. The van der Waals surface area contributed by atoms with Crippen molar-refractivity contribution >= 4 is 17.5 Å². The number of hydroxylamine groups is 1. The Morgan fingerprint density at radius 3 is 2.53 bits per heavy atom. The first kappa shape index (κ1) is 13.6. The van der Waals surface area contributed by atoms with Crippen molar-refractivity contribution in [2.45, 2.75) is 13.5 Å². The molecule has 0 aliphatic rings. The van der Waals surface area contributed by atoms with Crippen LogP contribution in [0.4, 0.5) is 0 Å². The number of nitrogens with one attached hydrogen (secondary N) is 1. The maximum atomic E-state index is 11.8. The van der Waals surface area contributed by atoms with Crippen LogP contribution in [0.1, 0.15) is 21.5 Å². The lowest BCUT2D eigenvalue weighted by Gasteiger charge is -2.07. The number of carbonyl (C=O) groups is 1. The molecule has 3 nitrogen and oxygen atoms in total. The zero-order valence-electron chi connectivity index (χ0n) is 10.5. The molecular weight excluding hydrogens is 262 g/mol. The SMILES string of the molecule is Cc1ccc(CONC(=O)c2ccccc2Cl)cc1. The number of halogens is 1. The van der Waals surface area contributed by atoms with Gasteiger partial charge in [-0.2, -0.15) is 0 Å². The Balaban J connectivity index is 1.88. The fourth-order valence-corrected chi connectivity index (χ4v) is 1.79. The number of hydrogen-bond acceptors (Lipinski definition) is 2. The number of carbonyl (C=O) groups excluding carboxylic acids is 1. The van der Waals surface area contributed by atoms with E-state index in [-0.39, 0.29) is 5.91 Å². The van der Waals surface area contributed by atoms with Crippen LogP contribution in [0.15, 0.2) is 48.5 Å². The summed E-state index contributed by atoms with van der Waals surface area (Å²) >= 11 is 5.92. The Bertz CT molecular complexity index is 567. The Morgan fingerprint density at radius 1 is 1.16 bits per heavy atom. The summed E-state index contributed by atoms with van der Waals surface area (Å²) < 4.78 is 0. The Labute approximate surface area is 117 Å². The molecule has 0 atom stereocenters. The molecule has 0 fully saturated rings. The predicted octanol–water partition coefficient (Wildman–Crippen LogP) is 3.51. The van der Waals surface area contributed by atoms with Gasteiger partial charge in [-0.3, -0.25) is 9.63 Å². The highest BCUT2D eigenvalue weighted by molar-refractivity contribution is 6.33. The first-order valence-electron chi connectivity index (χ1n) is 5.89.